The minimum Gasteiger partial charge on any atom is -0.497 e. The van der Waals surface area contributed by atoms with Gasteiger partial charge in [0.15, 0.2) is 5.11 Å². The molecule has 1 fully saturated rings. The second-order valence-electron chi connectivity index (χ2n) is 5.90. The van der Waals surface area contributed by atoms with Crippen molar-refractivity contribution < 1.29 is 9.47 Å². The fourth-order valence-electron chi connectivity index (χ4n) is 2.79. The SMILES string of the molecule is COc1ccc(C2(C)NC(=S)N(c3ccc(C)cc3)N2)c(OC)c1. The Morgan fingerprint density at radius 1 is 1.04 bits per heavy atom. The van der Waals surface area contributed by atoms with Crippen LogP contribution in [0.1, 0.15) is 18.1 Å². The first kappa shape index (κ1) is 16.5. The summed E-state index contributed by atoms with van der Waals surface area (Å²) in [5.74, 6) is 1.47. The van der Waals surface area contributed by atoms with Crippen LogP contribution in [-0.2, 0) is 5.66 Å². The molecule has 0 saturated carbocycles. The molecule has 0 bridgehead atoms. The van der Waals surface area contributed by atoms with Gasteiger partial charge in [-0.1, -0.05) is 17.7 Å². The number of hydrogen-bond donors (Lipinski definition) is 2. The van der Waals surface area contributed by atoms with E-state index in [0.717, 1.165) is 22.7 Å². The van der Waals surface area contributed by atoms with E-state index in [0.29, 0.717) is 5.11 Å². The number of methoxy groups -OCH3 is 2. The van der Waals surface area contributed by atoms with Crippen molar-refractivity contribution in [1.82, 2.24) is 10.7 Å². The number of nitrogens with one attached hydrogen (secondary N) is 2. The van der Waals surface area contributed by atoms with E-state index in [1.807, 2.05) is 42.3 Å². The Kier molecular flexibility index (Phi) is 4.34. The van der Waals surface area contributed by atoms with Gasteiger partial charge < -0.3 is 14.8 Å². The third-order valence-corrected chi connectivity index (χ3v) is 4.42. The lowest BCUT2D eigenvalue weighted by molar-refractivity contribution is 0.345. The normalized spacial score (nSPS) is 20.0. The molecular formula is C18H21N3O2S. The molecule has 2 aromatic carbocycles. The van der Waals surface area contributed by atoms with Crippen LogP contribution in [0.15, 0.2) is 42.5 Å². The van der Waals surface area contributed by atoms with Crippen molar-refractivity contribution in [3.63, 3.8) is 0 Å². The molecule has 5 nitrogen and oxygen atoms in total. The van der Waals surface area contributed by atoms with Gasteiger partial charge in [0.25, 0.3) is 0 Å². The number of benzene rings is 2. The van der Waals surface area contributed by atoms with E-state index in [-0.39, 0.29) is 0 Å². The lowest BCUT2D eigenvalue weighted by atomic mass is 10.0. The van der Waals surface area contributed by atoms with Gasteiger partial charge in [-0.15, -0.1) is 0 Å². The van der Waals surface area contributed by atoms with Gasteiger partial charge in [-0.25, -0.2) is 5.01 Å². The standard InChI is InChI=1S/C18H21N3O2S/c1-12-5-7-13(8-6-12)21-17(24)19-18(2,20-21)15-10-9-14(22-3)11-16(15)23-4/h5-11,20H,1-4H3,(H,19,24). The predicted molar refractivity (Wildman–Crippen MR) is 99.4 cm³/mol. The third-order valence-electron chi connectivity index (χ3n) is 4.13. The van der Waals surface area contributed by atoms with Gasteiger partial charge in [0, 0.05) is 11.6 Å². The van der Waals surface area contributed by atoms with Crippen molar-refractivity contribution in [2.24, 2.45) is 0 Å². The van der Waals surface area contributed by atoms with E-state index < -0.39 is 5.66 Å². The van der Waals surface area contributed by atoms with E-state index in [9.17, 15) is 0 Å². The highest BCUT2D eigenvalue weighted by Gasteiger charge is 2.40. The first-order valence-electron chi connectivity index (χ1n) is 7.66. The van der Waals surface area contributed by atoms with Crippen LogP contribution in [0, 0.1) is 6.92 Å². The Labute approximate surface area is 147 Å². The van der Waals surface area contributed by atoms with Crippen LogP contribution in [0.4, 0.5) is 5.69 Å². The number of hydrogen-bond acceptors (Lipinski definition) is 4. The smallest absolute Gasteiger partial charge is 0.190 e. The van der Waals surface area contributed by atoms with Gasteiger partial charge in [0.2, 0.25) is 0 Å². The molecule has 0 aliphatic carbocycles. The van der Waals surface area contributed by atoms with Gasteiger partial charge >= 0.3 is 0 Å². The van der Waals surface area contributed by atoms with Crippen molar-refractivity contribution in [2.45, 2.75) is 19.5 Å². The zero-order valence-electron chi connectivity index (χ0n) is 14.2. The average molecular weight is 343 g/mol. The maximum Gasteiger partial charge on any atom is 0.190 e. The molecule has 0 aromatic heterocycles. The van der Waals surface area contributed by atoms with E-state index in [2.05, 4.69) is 29.8 Å². The largest absolute Gasteiger partial charge is 0.497 e. The van der Waals surface area contributed by atoms with Gasteiger partial charge in [-0.05, 0) is 50.3 Å². The molecule has 1 aliphatic heterocycles. The van der Waals surface area contributed by atoms with Crippen LogP contribution < -0.4 is 25.2 Å². The molecule has 0 radical (unpaired) electrons. The van der Waals surface area contributed by atoms with Crippen LogP contribution in [0.5, 0.6) is 11.5 Å². The molecule has 24 heavy (non-hydrogen) atoms. The molecule has 3 rings (SSSR count). The second kappa shape index (κ2) is 6.30. The van der Waals surface area contributed by atoms with Crippen LogP contribution in [0.3, 0.4) is 0 Å². The number of ether oxygens (including phenoxy) is 2. The third kappa shape index (κ3) is 2.90. The zero-order valence-corrected chi connectivity index (χ0v) is 15.0. The van der Waals surface area contributed by atoms with Crippen molar-refractivity contribution in [3.8, 4) is 11.5 Å². The molecule has 1 heterocycles. The molecule has 2 N–H and O–H groups in total. The highest BCUT2D eigenvalue weighted by molar-refractivity contribution is 7.80. The maximum atomic E-state index is 5.54. The number of aryl methyl sites for hydroxylation is 1. The summed E-state index contributed by atoms with van der Waals surface area (Å²) in [6.45, 7) is 4.09. The lowest BCUT2D eigenvalue weighted by Gasteiger charge is -2.28. The van der Waals surface area contributed by atoms with Gasteiger partial charge in [-0.2, -0.15) is 5.43 Å². The summed E-state index contributed by atoms with van der Waals surface area (Å²) in [7, 11) is 3.28. The minimum atomic E-state index is -0.584. The topological polar surface area (TPSA) is 45.8 Å². The Bertz CT molecular complexity index is 763. The number of thiocarbonyl (C=S) groups is 1. The number of hydrazine groups is 1. The van der Waals surface area contributed by atoms with E-state index in [1.54, 1.807) is 14.2 Å². The molecule has 0 spiro atoms. The first-order valence-corrected chi connectivity index (χ1v) is 8.07. The summed E-state index contributed by atoms with van der Waals surface area (Å²) < 4.78 is 10.8. The first-order chi connectivity index (χ1) is 11.5. The summed E-state index contributed by atoms with van der Waals surface area (Å²) in [6.07, 6.45) is 0. The monoisotopic (exact) mass is 343 g/mol. The fraction of sp³-hybridized carbons (Fsp3) is 0.278. The summed E-state index contributed by atoms with van der Waals surface area (Å²) in [6, 6.07) is 13.9. The van der Waals surface area contributed by atoms with Crippen LogP contribution in [0.25, 0.3) is 0 Å². The quantitative estimate of drug-likeness (QED) is 0.832. The Hall–Kier alpha value is -2.31. The Balaban J connectivity index is 1.95. The number of anilines is 1. The molecule has 2 aromatic rings. The summed E-state index contributed by atoms with van der Waals surface area (Å²) in [5.41, 5.74) is 5.99. The highest BCUT2D eigenvalue weighted by atomic mass is 32.1. The van der Waals surface area contributed by atoms with Crippen molar-refractivity contribution in [3.05, 3.63) is 53.6 Å². The second-order valence-corrected chi connectivity index (χ2v) is 6.29. The van der Waals surface area contributed by atoms with Gasteiger partial charge in [0.1, 0.15) is 17.2 Å². The summed E-state index contributed by atoms with van der Waals surface area (Å²) >= 11 is 5.52. The molecule has 1 saturated heterocycles. The number of nitrogens with zero attached hydrogens (tertiary/aromatic N) is 1. The molecule has 126 valence electrons. The predicted octanol–water partition coefficient (Wildman–Crippen LogP) is 3.08. The molecule has 1 aliphatic rings. The van der Waals surface area contributed by atoms with E-state index in [1.165, 1.54) is 5.56 Å². The summed E-state index contributed by atoms with van der Waals surface area (Å²) in [5, 5.41) is 5.83. The van der Waals surface area contributed by atoms with Gasteiger partial charge in [0.05, 0.1) is 19.9 Å². The van der Waals surface area contributed by atoms with Crippen LogP contribution in [-0.4, -0.2) is 19.3 Å². The van der Waals surface area contributed by atoms with Crippen molar-refractivity contribution in [2.75, 3.05) is 19.2 Å². The van der Waals surface area contributed by atoms with E-state index >= 15 is 0 Å². The molecule has 1 unspecified atom stereocenters. The molecular weight excluding hydrogens is 322 g/mol. The van der Waals surface area contributed by atoms with Gasteiger partial charge in [-0.3, -0.25) is 0 Å². The Morgan fingerprint density at radius 2 is 1.75 bits per heavy atom. The average Bonchev–Trinajstić information content (AvgIpc) is 2.90. The number of rotatable bonds is 4. The van der Waals surface area contributed by atoms with E-state index in [4.69, 9.17) is 21.7 Å². The fourth-order valence-corrected chi connectivity index (χ4v) is 3.14. The molecule has 1 atom stereocenters. The van der Waals surface area contributed by atoms with Crippen molar-refractivity contribution in [1.29, 1.82) is 0 Å². The van der Waals surface area contributed by atoms with Crippen LogP contribution >= 0.6 is 12.2 Å². The van der Waals surface area contributed by atoms with Crippen LogP contribution in [0.2, 0.25) is 0 Å². The highest BCUT2D eigenvalue weighted by Crippen LogP contribution is 2.34. The zero-order chi connectivity index (χ0) is 17.3. The minimum absolute atomic E-state index is 0.584. The maximum absolute atomic E-state index is 5.54. The molecule has 0 amide bonds. The summed E-state index contributed by atoms with van der Waals surface area (Å²) in [4.78, 5) is 0. The molecule has 6 heteroatoms. The Morgan fingerprint density at radius 3 is 2.38 bits per heavy atom. The van der Waals surface area contributed by atoms with Crippen molar-refractivity contribution >= 4 is 23.0 Å². The lowest BCUT2D eigenvalue weighted by Crippen LogP contribution is -2.46.